The van der Waals surface area contributed by atoms with Crippen molar-refractivity contribution in [2.45, 2.75) is 11.3 Å². The second-order valence-electron chi connectivity index (χ2n) is 7.91. The van der Waals surface area contributed by atoms with Crippen molar-refractivity contribution in [1.29, 1.82) is 5.26 Å². The molecule has 0 radical (unpaired) electrons. The third kappa shape index (κ3) is 5.48. The summed E-state index contributed by atoms with van der Waals surface area (Å²) in [5.74, 6) is -0.566. The van der Waals surface area contributed by atoms with Crippen molar-refractivity contribution < 1.29 is 12.8 Å². The predicted octanol–water partition coefficient (Wildman–Crippen LogP) is 3.11. The molecule has 0 amide bonds. The Morgan fingerprint density at radius 2 is 1.79 bits per heavy atom. The molecule has 3 aromatic rings. The second kappa shape index (κ2) is 10.1. The number of piperazine rings is 1. The van der Waals surface area contributed by atoms with Crippen LogP contribution in [0.3, 0.4) is 0 Å². The van der Waals surface area contributed by atoms with Crippen LogP contribution in [0, 0.1) is 17.1 Å². The van der Waals surface area contributed by atoms with Gasteiger partial charge in [-0.3, -0.25) is 0 Å². The summed E-state index contributed by atoms with van der Waals surface area (Å²) in [5.41, 5.74) is 1.92. The van der Waals surface area contributed by atoms with Crippen LogP contribution in [0.1, 0.15) is 5.56 Å². The number of benzene rings is 2. The molecule has 1 aliphatic heterocycles. The molecule has 11 heteroatoms. The van der Waals surface area contributed by atoms with Gasteiger partial charge in [0.15, 0.2) is 11.6 Å². The third-order valence-corrected chi connectivity index (χ3v) is 7.33. The highest BCUT2D eigenvalue weighted by molar-refractivity contribution is 7.89. The molecule has 9 nitrogen and oxygen atoms in total. The summed E-state index contributed by atoms with van der Waals surface area (Å²) >= 11 is 0. The Labute approximate surface area is 197 Å². The molecule has 4 rings (SSSR count). The van der Waals surface area contributed by atoms with Crippen LogP contribution in [0.15, 0.2) is 59.6 Å². The van der Waals surface area contributed by atoms with E-state index < -0.39 is 15.8 Å². The highest BCUT2D eigenvalue weighted by Gasteiger charge is 2.27. The fourth-order valence-corrected chi connectivity index (χ4v) is 4.96. The molecule has 34 heavy (non-hydrogen) atoms. The lowest BCUT2D eigenvalue weighted by atomic mass is 10.1. The Kier molecular flexibility index (Phi) is 7.02. The molecule has 2 aromatic carbocycles. The van der Waals surface area contributed by atoms with Gasteiger partial charge in [-0.15, -0.1) is 0 Å². The Hall–Kier alpha value is -3.59. The van der Waals surface area contributed by atoms with Crippen molar-refractivity contribution in [3.63, 3.8) is 0 Å². The van der Waals surface area contributed by atoms with Crippen LogP contribution >= 0.6 is 0 Å². The quantitative estimate of drug-likeness (QED) is 0.529. The van der Waals surface area contributed by atoms with E-state index in [1.54, 1.807) is 42.5 Å². The lowest BCUT2D eigenvalue weighted by Crippen LogP contribution is -2.47. The summed E-state index contributed by atoms with van der Waals surface area (Å²) in [6, 6.07) is 15.5. The Morgan fingerprint density at radius 3 is 2.50 bits per heavy atom. The normalized spacial score (nSPS) is 15.0. The molecule has 0 aliphatic carbocycles. The maximum Gasteiger partial charge on any atom is 0.243 e. The van der Waals surface area contributed by atoms with Gasteiger partial charge in [0.05, 0.1) is 23.6 Å². The van der Waals surface area contributed by atoms with E-state index >= 15 is 0 Å². The summed E-state index contributed by atoms with van der Waals surface area (Å²) in [6.45, 7) is 2.23. The zero-order chi connectivity index (χ0) is 24.1. The number of sulfonamides is 1. The van der Waals surface area contributed by atoms with Crippen LogP contribution in [0.5, 0.6) is 0 Å². The zero-order valence-corrected chi connectivity index (χ0v) is 19.4. The van der Waals surface area contributed by atoms with Crippen LogP contribution in [0.2, 0.25) is 0 Å². The van der Waals surface area contributed by atoms with Gasteiger partial charge in [0, 0.05) is 37.6 Å². The molecule has 0 saturated carbocycles. The van der Waals surface area contributed by atoms with Crippen molar-refractivity contribution in [2.24, 2.45) is 0 Å². The summed E-state index contributed by atoms with van der Waals surface area (Å²) in [5, 5.41) is 14.6. The van der Waals surface area contributed by atoms with Gasteiger partial charge in [0.1, 0.15) is 0 Å². The van der Waals surface area contributed by atoms with E-state index in [1.165, 1.54) is 10.4 Å². The highest BCUT2D eigenvalue weighted by Crippen LogP contribution is 2.24. The molecule has 176 valence electrons. The van der Waals surface area contributed by atoms with Gasteiger partial charge in [0.25, 0.3) is 0 Å². The first-order valence-electron chi connectivity index (χ1n) is 10.7. The smallest absolute Gasteiger partial charge is 0.243 e. The lowest BCUT2D eigenvalue weighted by molar-refractivity contribution is 0.222. The van der Waals surface area contributed by atoms with Gasteiger partial charge in [-0.05, 0) is 42.9 Å². The van der Waals surface area contributed by atoms with Crippen molar-refractivity contribution in [3.05, 3.63) is 66.1 Å². The topological polar surface area (TPSA) is 114 Å². The molecule has 2 heterocycles. The molecule has 1 saturated heterocycles. The van der Waals surface area contributed by atoms with E-state index in [9.17, 15) is 12.8 Å². The van der Waals surface area contributed by atoms with Crippen LogP contribution < -0.4 is 10.6 Å². The van der Waals surface area contributed by atoms with Crippen molar-refractivity contribution in [2.75, 3.05) is 43.9 Å². The second-order valence-corrected chi connectivity index (χ2v) is 9.85. The molecule has 0 atom stereocenters. The number of nitrogens with zero attached hydrogens (tertiary/aromatic N) is 5. The van der Waals surface area contributed by atoms with Gasteiger partial charge >= 0.3 is 0 Å². The number of anilines is 4. The minimum absolute atomic E-state index is 0.0354. The molecule has 0 spiro atoms. The van der Waals surface area contributed by atoms with Crippen molar-refractivity contribution in [3.8, 4) is 6.07 Å². The Bertz CT molecular complexity index is 1300. The maximum absolute atomic E-state index is 14.3. The van der Waals surface area contributed by atoms with E-state index in [-0.39, 0.29) is 16.7 Å². The molecular weight excluding hydrogens is 457 g/mol. The number of likely N-dealkylation sites (N-methyl/N-ethyl adjacent to an activating group) is 1. The first-order chi connectivity index (χ1) is 16.3. The van der Waals surface area contributed by atoms with Crippen molar-refractivity contribution in [1.82, 2.24) is 19.2 Å². The molecule has 1 fully saturated rings. The van der Waals surface area contributed by atoms with Crippen LogP contribution in [-0.4, -0.2) is 60.8 Å². The zero-order valence-electron chi connectivity index (χ0n) is 18.6. The number of hydrogen-bond acceptors (Lipinski definition) is 8. The summed E-state index contributed by atoms with van der Waals surface area (Å²) < 4.78 is 41.9. The SMILES string of the molecule is CN1CCN(S(=O)(=O)c2cccc(Nc3ncc(F)c(Nc4ccc(CC#N)cc4)n3)c2)CC1. The summed E-state index contributed by atoms with van der Waals surface area (Å²) in [7, 11) is -1.67. The lowest BCUT2D eigenvalue weighted by Gasteiger charge is -2.31. The average molecular weight is 482 g/mol. The minimum atomic E-state index is -3.63. The first kappa shape index (κ1) is 23.6. The Balaban J connectivity index is 1.50. The molecular formula is C23H24FN7O2S. The van der Waals surface area contributed by atoms with E-state index in [0.29, 0.717) is 44.0 Å². The third-order valence-electron chi connectivity index (χ3n) is 5.43. The molecule has 2 N–H and O–H groups in total. The first-order valence-corrected chi connectivity index (χ1v) is 12.1. The van der Waals surface area contributed by atoms with Gasteiger partial charge in [-0.1, -0.05) is 18.2 Å². The average Bonchev–Trinajstić information content (AvgIpc) is 2.83. The number of nitriles is 1. The van der Waals surface area contributed by atoms with E-state index in [0.717, 1.165) is 11.8 Å². The Morgan fingerprint density at radius 1 is 1.06 bits per heavy atom. The number of nitrogens with one attached hydrogen (secondary N) is 2. The van der Waals surface area contributed by atoms with Gasteiger partial charge in [-0.25, -0.2) is 17.8 Å². The van der Waals surface area contributed by atoms with E-state index in [4.69, 9.17) is 5.26 Å². The molecule has 0 bridgehead atoms. The van der Waals surface area contributed by atoms with E-state index in [1.807, 2.05) is 7.05 Å². The van der Waals surface area contributed by atoms with Crippen molar-refractivity contribution >= 4 is 33.2 Å². The van der Waals surface area contributed by atoms with Crippen LogP contribution in [0.25, 0.3) is 0 Å². The highest BCUT2D eigenvalue weighted by atomic mass is 32.2. The maximum atomic E-state index is 14.3. The monoisotopic (exact) mass is 481 g/mol. The minimum Gasteiger partial charge on any atom is -0.338 e. The number of rotatable bonds is 7. The summed E-state index contributed by atoms with van der Waals surface area (Å²) in [6.07, 6.45) is 1.33. The fourth-order valence-electron chi connectivity index (χ4n) is 3.49. The van der Waals surface area contributed by atoms with Gasteiger partial charge in [-0.2, -0.15) is 14.6 Å². The number of halogens is 1. The largest absolute Gasteiger partial charge is 0.338 e. The standard InChI is InChI=1S/C23H24FN7O2S/c1-30-11-13-31(14-12-30)34(32,33)20-4-2-3-19(15-20)28-23-26-16-21(24)22(29-23)27-18-7-5-17(6-8-18)9-10-25/h2-8,15-16H,9,11-14H2,1H3,(H2,26,27,28,29). The van der Waals surface area contributed by atoms with E-state index in [2.05, 4.69) is 31.6 Å². The van der Waals surface area contributed by atoms with Crippen LogP contribution in [-0.2, 0) is 16.4 Å². The summed E-state index contributed by atoms with van der Waals surface area (Å²) in [4.78, 5) is 10.4. The fraction of sp³-hybridized carbons (Fsp3) is 0.261. The van der Waals surface area contributed by atoms with Gasteiger partial charge in [0.2, 0.25) is 16.0 Å². The molecule has 1 aliphatic rings. The predicted molar refractivity (Wildman–Crippen MR) is 127 cm³/mol. The van der Waals surface area contributed by atoms with Crippen LogP contribution in [0.4, 0.5) is 27.5 Å². The molecule has 1 aromatic heterocycles. The number of aromatic nitrogens is 2. The van der Waals surface area contributed by atoms with Gasteiger partial charge < -0.3 is 15.5 Å². The number of hydrogen-bond donors (Lipinski definition) is 2. The molecule has 0 unspecified atom stereocenters.